The average molecular weight is 330 g/mol. The van der Waals surface area contributed by atoms with Crippen LogP contribution in [0.25, 0.3) is 0 Å². The summed E-state index contributed by atoms with van der Waals surface area (Å²) in [5.74, 6) is 0.663. The fourth-order valence-corrected chi connectivity index (χ4v) is 2.36. The molecule has 1 saturated carbocycles. The van der Waals surface area contributed by atoms with Crippen molar-refractivity contribution in [1.82, 2.24) is 5.32 Å². The Morgan fingerprint density at radius 2 is 2.26 bits per heavy atom. The van der Waals surface area contributed by atoms with Crippen molar-refractivity contribution in [3.8, 4) is 0 Å². The van der Waals surface area contributed by atoms with Gasteiger partial charge in [-0.25, -0.2) is 4.39 Å². The van der Waals surface area contributed by atoms with E-state index >= 15 is 0 Å². The maximum absolute atomic E-state index is 13.7. The van der Waals surface area contributed by atoms with Gasteiger partial charge in [-0.2, -0.15) is 0 Å². The first kappa shape index (κ1) is 14.9. The normalized spacial score (nSPS) is 16.6. The predicted molar refractivity (Wildman–Crippen MR) is 78.7 cm³/mol. The lowest BCUT2D eigenvalue weighted by atomic mass is 10.1. The molecule has 0 aliphatic heterocycles. The summed E-state index contributed by atoms with van der Waals surface area (Å²) in [6.07, 6.45) is 3.63. The highest BCUT2D eigenvalue weighted by Crippen LogP contribution is 2.28. The molecule has 0 bridgehead atoms. The minimum Gasteiger partial charge on any atom is -0.381 e. The molecule has 1 atom stereocenters. The average Bonchev–Trinajstić information content (AvgIpc) is 3.20. The largest absolute Gasteiger partial charge is 0.381 e. The molecule has 19 heavy (non-hydrogen) atoms. The molecule has 0 saturated heterocycles. The minimum absolute atomic E-state index is 0.0148. The maximum Gasteiger partial charge on any atom is 0.128 e. The molecule has 1 unspecified atom stereocenters. The third-order valence-corrected chi connectivity index (χ3v) is 3.88. The Bertz CT molecular complexity index is 409. The standard InChI is InChI=1S/C15H21BrFNO/c1-11(14-9-13(16)5-6-15(14)17)18-7-2-8-19-10-12-3-4-12/h5-6,9,11-12,18H,2-4,7-8,10H2,1H3. The Kier molecular flexibility index (Phi) is 5.79. The Labute approximate surface area is 122 Å². The molecule has 1 aromatic carbocycles. The molecule has 0 radical (unpaired) electrons. The van der Waals surface area contributed by atoms with Gasteiger partial charge in [0.25, 0.3) is 0 Å². The van der Waals surface area contributed by atoms with Gasteiger partial charge in [-0.3, -0.25) is 0 Å². The number of rotatable bonds is 8. The Balaban J connectivity index is 1.65. The van der Waals surface area contributed by atoms with Crippen LogP contribution in [-0.4, -0.2) is 19.8 Å². The van der Waals surface area contributed by atoms with E-state index in [0.717, 1.165) is 36.6 Å². The topological polar surface area (TPSA) is 21.3 Å². The second kappa shape index (κ2) is 7.36. The summed E-state index contributed by atoms with van der Waals surface area (Å²) in [6, 6.07) is 5.06. The number of halogens is 2. The van der Waals surface area contributed by atoms with Gasteiger partial charge in [-0.05, 0) is 56.8 Å². The van der Waals surface area contributed by atoms with Crippen LogP contribution in [0.3, 0.4) is 0 Å². The van der Waals surface area contributed by atoms with Gasteiger partial charge < -0.3 is 10.1 Å². The maximum atomic E-state index is 13.7. The molecule has 0 heterocycles. The van der Waals surface area contributed by atoms with E-state index in [4.69, 9.17) is 4.74 Å². The first-order valence-electron chi connectivity index (χ1n) is 6.93. The van der Waals surface area contributed by atoms with Gasteiger partial charge in [0.2, 0.25) is 0 Å². The highest BCUT2D eigenvalue weighted by molar-refractivity contribution is 9.10. The lowest BCUT2D eigenvalue weighted by molar-refractivity contribution is 0.121. The van der Waals surface area contributed by atoms with Crippen LogP contribution in [0.2, 0.25) is 0 Å². The van der Waals surface area contributed by atoms with Gasteiger partial charge in [-0.15, -0.1) is 0 Å². The van der Waals surface area contributed by atoms with Crippen LogP contribution in [0.1, 0.15) is 37.8 Å². The van der Waals surface area contributed by atoms with Gasteiger partial charge in [0.05, 0.1) is 0 Å². The van der Waals surface area contributed by atoms with Crippen LogP contribution in [0.5, 0.6) is 0 Å². The highest BCUT2D eigenvalue weighted by Gasteiger charge is 2.20. The fraction of sp³-hybridized carbons (Fsp3) is 0.600. The van der Waals surface area contributed by atoms with Crippen molar-refractivity contribution in [3.63, 3.8) is 0 Å². The molecule has 2 rings (SSSR count). The molecule has 1 N–H and O–H groups in total. The van der Waals surface area contributed by atoms with E-state index in [9.17, 15) is 4.39 Å². The molecule has 1 aliphatic carbocycles. The summed E-state index contributed by atoms with van der Waals surface area (Å²) in [4.78, 5) is 0. The van der Waals surface area contributed by atoms with E-state index in [1.807, 2.05) is 13.0 Å². The summed E-state index contributed by atoms with van der Waals surface area (Å²) < 4.78 is 20.1. The van der Waals surface area contributed by atoms with E-state index in [1.165, 1.54) is 18.9 Å². The predicted octanol–water partition coefficient (Wildman–Crippen LogP) is 4.06. The van der Waals surface area contributed by atoms with Crippen molar-refractivity contribution < 1.29 is 9.13 Å². The van der Waals surface area contributed by atoms with E-state index < -0.39 is 0 Å². The van der Waals surface area contributed by atoms with Crippen LogP contribution < -0.4 is 5.32 Å². The van der Waals surface area contributed by atoms with Crippen molar-refractivity contribution in [2.75, 3.05) is 19.8 Å². The van der Waals surface area contributed by atoms with Crippen molar-refractivity contribution in [1.29, 1.82) is 0 Å². The van der Waals surface area contributed by atoms with Gasteiger partial charge in [0, 0.05) is 29.3 Å². The lowest BCUT2D eigenvalue weighted by Gasteiger charge is -2.15. The van der Waals surface area contributed by atoms with Gasteiger partial charge >= 0.3 is 0 Å². The summed E-state index contributed by atoms with van der Waals surface area (Å²) in [5, 5.41) is 3.33. The van der Waals surface area contributed by atoms with Crippen molar-refractivity contribution in [3.05, 3.63) is 34.1 Å². The molecular weight excluding hydrogens is 309 g/mol. The second-order valence-corrected chi connectivity index (χ2v) is 6.13. The Morgan fingerprint density at radius 1 is 1.47 bits per heavy atom. The van der Waals surface area contributed by atoms with Gasteiger partial charge in [0.1, 0.15) is 5.82 Å². The zero-order valence-corrected chi connectivity index (χ0v) is 12.9. The number of benzene rings is 1. The van der Waals surface area contributed by atoms with Crippen LogP contribution in [-0.2, 0) is 4.74 Å². The van der Waals surface area contributed by atoms with Gasteiger partial charge in [-0.1, -0.05) is 15.9 Å². The summed E-state index contributed by atoms with van der Waals surface area (Å²) in [6.45, 7) is 4.53. The van der Waals surface area contributed by atoms with E-state index in [0.29, 0.717) is 5.56 Å². The molecule has 0 amide bonds. The molecule has 1 fully saturated rings. The second-order valence-electron chi connectivity index (χ2n) is 5.21. The van der Waals surface area contributed by atoms with Crippen LogP contribution >= 0.6 is 15.9 Å². The Hall–Kier alpha value is -0.450. The number of ether oxygens (including phenoxy) is 1. The lowest BCUT2D eigenvalue weighted by Crippen LogP contribution is -2.22. The van der Waals surface area contributed by atoms with Crippen molar-refractivity contribution in [2.24, 2.45) is 5.92 Å². The van der Waals surface area contributed by atoms with Gasteiger partial charge in [0.15, 0.2) is 0 Å². The third-order valence-electron chi connectivity index (χ3n) is 3.39. The quantitative estimate of drug-likeness (QED) is 0.726. The van der Waals surface area contributed by atoms with Crippen LogP contribution in [0.4, 0.5) is 4.39 Å². The van der Waals surface area contributed by atoms with Crippen molar-refractivity contribution in [2.45, 2.75) is 32.2 Å². The monoisotopic (exact) mass is 329 g/mol. The SMILES string of the molecule is CC(NCCCOCC1CC1)c1cc(Br)ccc1F. The molecule has 1 aliphatic rings. The zero-order chi connectivity index (χ0) is 13.7. The van der Waals surface area contributed by atoms with Crippen LogP contribution in [0, 0.1) is 11.7 Å². The van der Waals surface area contributed by atoms with E-state index in [1.54, 1.807) is 6.07 Å². The van der Waals surface area contributed by atoms with Crippen molar-refractivity contribution >= 4 is 15.9 Å². The summed E-state index contributed by atoms with van der Waals surface area (Å²) >= 11 is 3.37. The first-order chi connectivity index (χ1) is 9.16. The summed E-state index contributed by atoms with van der Waals surface area (Å²) in [7, 11) is 0. The third kappa shape index (κ3) is 5.21. The molecular formula is C15H21BrFNO. The van der Waals surface area contributed by atoms with Crippen LogP contribution in [0.15, 0.2) is 22.7 Å². The molecule has 2 nitrogen and oxygen atoms in total. The number of nitrogens with one attached hydrogen (secondary N) is 1. The fourth-order valence-electron chi connectivity index (χ4n) is 1.98. The zero-order valence-electron chi connectivity index (χ0n) is 11.3. The number of hydrogen-bond acceptors (Lipinski definition) is 2. The van der Waals surface area contributed by atoms with E-state index in [2.05, 4.69) is 21.2 Å². The molecule has 0 spiro atoms. The highest BCUT2D eigenvalue weighted by atomic mass is 79.9. The summed E-state index contributed by atoms with van der Waals surface area (Å²) in [5.41, 5.74) is 0.702. The molecule has 0 aromatic heterocycles. The molecule has 4 heteroatoms. The Morgan fingerprint density at radius 3 is 3.00 bits per heavy atom. The number of hydrogen-bond donors (Lipinski definition) is 1. The smallest absolute Gasteiger partial charge is 0.128 e. The minimum atomic E-state index is -0.159. The molecule has 106 valence electrons. The van der Waals surface area contributed by atoms with E-state index in [-0.39, 0.29) is 11.9 Å². The molecule has 1 aromatic rings. The first-order valence-corrected chi connectivity index (χ1v) is 7.72.